The molecule has 1 saturated heterocycles. The number of ether oxygens (including phenoxy) is 1. The molecule has 3 heterocycles. The average molecular weight is 364 g/mol. The van der Waals surface area contributed by atoms with Crippen molar-refractivity contribution < 1.29 is 9.53 Å². The number of para-hydroxylation sites is 1. The molecule has 0 saturated carbocycles. The maximum Gasteiger partial charge on any atom is 0.260 e. The SMILES string of the molecule is O=C1Nc2ccccc2C1=C1OCc2cc(CN3CCSCC3)ccc21. The number of rotatable bonds is 2. The highest BCUT2D eigenvalue weighted by molar-refractivity contribution is 7.99. The van der Waals surface area contributed by atoms with E-state index >= 15 is 0 Å². The van der Waals surface area contributed by atoms with Gasteiger partial charge in [-0.15, -0.1) is 0 Å². The zero-order valence-electron chi connectivity index (χ0n) is 14.5. The van der Waals surface area contributed by atoms with Gasteiger partial charge in [-0.3, -0.25) is 9.69 Å². The third kappa shape index (κ3) is 2.72. The molecule has 3 aliphatic rings. The molecule has 0 spiro atoms. The molecule has 5 rings (SSSR count). The minimum atomic E-state index is -0.0797. The normalized spacial score (nSPS) is 21.9. The van der Waals surface area contributed by atoms with E-state index in [1.807, 2.05) is 36.0 Å². The van der Waals surface area contributed by atoms with Crippen molar-refractivity contribution in [2.75, 3.05) is 29.9 Å². The summed E-state index contributed by atoms with van der Waals surface area (Å²) in [6.45, 7) is 3.84. The standard InChI is InChI=1S/C21H20N2O2S/c24-21-19(17-3-1-2-4-18(17)22-21)20-16-6-5-14(11-15(16)13-25-20)12-23-7-9-26-10-8-23/h1-6,11H,7-10,12-13H2,(H,22,24). The Hall–Kier alpha value is -2.24. The molecular formula is C21H20N2O2S. The van der Waals surface area contributed by atoms with Gasteiger partial charge in [-0.2, -0.15) is 11.8 Å². The first kappa shape index (κ1) is 16.0. The lowest BCUT2D eigenvalue weighted by molar-refractivity contribution is -0.110. The maximum absolute atomic E-state index is 12.5. The summed E-state index contributed by atoms with van der Waals surface area (Å²) in [5, 5.41) is 2.94. The number of anilines is 1. The number of nitrogens with zero attached hydrogens (tertiary/aromatic N) is 1. The van der Waals surface area contributed by atoms with Crippen molar-refractivity contribution >= 4 is 34.7 Å². The van der Waals surface area contributed by atoms with Gasteiger partial charge in [0, 0.05) is 53.5 Å². The van der Waals surface area contributed by atoms with Crippen molar-refractivity contribution in [2.45, 2.75) is 13.2 Å². The largest absolute Gasteiger partial charge is 0.487 e. The van der Waals surface area contributed by atoms with E-state index in [2.05, 4.69) is 28.4 Å². The van der Waals surface area contributed by atoms with Gasteiger partial charge >= 0.3 is 0 Å². The highest BCUT2D eigenvalue weighted by Crippen LogP contribution is 2.41. The van der Waals surface area contributed by atoms with Crippen LogP contribution in [0.1, 0.15) is 22.3 Å². The maximum atomic E-state index is 12.5. The zero-order valence-corrected chi connectivity index (χ0v) is 15.3. The minimum absolute atomic E-state index is 0.0797. The fourth-order valence-electron chi connectivity index (χ4n) is 3.88. The predicted molar refractivity (Wildman–Crippen MR) is 106 cm³/mol. The number of thioether (sulfide) groups is 1. The van der Waals surface area contributed by atoms with Gasteiger partial charge in [-0.25, -0.2) is 0 Å². The lowest BCUT2D eigenvalue weighted by atomic mass is 9.99. The van der Waals surface area contributed by atoms with Gasteiger partial charge in [0.1, 0.15) is 12.4 Å². The van der Waals surface area contributed by atoms with Gasteiger partial charge in [0.25, 0.3) is 5.91 Å². The number of amides is 1. The molecule has 0 radical (unpaired) electrons. The lowest BCUT2D eigenvalue weighted by Crippen LogP contribution is -2.31. The Labute approximate surface area is 157 Å². The van der Waals surface area contributed by atoms with Crippen molar-refractivity contribution in [3.63, 3.8) is 0 Å². The van der Waals surface area contributed by atoms with Crippen LogP contribution in [-0.4, -0.2) is 35.4 Å². The van der Waals surface area contributed by atoms with E-state index in [-0.39, 0.29) is 5.91 Å². The second kappa shape index (κ2) is 6.49. The number of hydrogen-bond acceptors (Lipinski definition) is 4. The van der Waals surface area contributed by atoms with Gasteiger partial charge in [0.05, 0.1) is 5.57 Å². The van der Waals surface area contributed by atoms with Crippen LogP contribution in [0.2, 0.25) is 0 Å². The molecule has 3 aliphatic heterocycles. The van der Waals surface area contributed by atoms with Crippen molar-refractivity contribution in [2.24, 2.45) is 0 Å². The average Bonchev–Trinajstić information content (AvgIpc) is 3.21. The quantitative estimate of drug-likeness (QED) is 0.827. The highest BCUT2D eigenvalue weighted by Gasteiger charge is 2.32. The fraction of sp³-hybridized carbons (Fsp3) is 0.286. The Bertz CT molecular complexity index is 916. The first-order chi connectivity index (χ1) is 12.8. The molecular weight excluding hydrogens is 344 g/mol. The molecule has 0 aliphatic carbocycles. The van der Waals surface area contributed by atoms with Crippen LogP contribution in [0.15, 0.2) is 42.5 Å². The van der Waals surface area contributed by atoms with Crippen molar-refractivity contribution in [3.05, 3.63) is 64.7 Å². The first-order valence-corrected chi connectivity index (χ1v) is 10.2. The number of fused-ring (bicyclic) bond motifs is 2. The topological polar surface area (TPSA) is 41.6 Å². The van der Waals surface area contributed by atoms with E-state index in [1.165, 1.54) is 22.6 Å². The number of nitrogens with one attached hydrogen (secondary N) is 1. The summed E-state index contributed by atoms with van der Waals surface area (Å²) < 4.78 is 5.98. The van der Waals surface area contributed by atoms with Crippen molar-refractivity contribution in [1.82, 2.24) is 4.90 Å². The van der Waals surface area contributed by atoms with Crippen LogP contribution in [0, 0.1) is 0 Å². The number of hydrogen-bond donors (Lipinski definition) is 1. The number of carbonyl (C=O) groups is 1. The van der Waals surface area contributed by atoms with Gasteiger partial charge in [-0.1, -0.05) is 36.4 Å². The number of benzene rings is 2. The summed E-state index contributed by atoms with van der Waals surface area (Å²) in [6.07, 6.45) is 0. The molecule has 1 amide bonds. The minimum Gasteiger partial charge on any atom is -0.487 e. The molecule has 0 unspecified atom stereocenters. The molecule has 2 aromatic rings. The van der Waals surface area contributed by atoms with E-state index in [9.17, 15) is 4.79 Å². The van der Waals surface area contributed by atoms with Crippen molar-refractivity contribution in [3.8, 4) is 0 Å². The van der Waals surface area contributed by atoms with Crippen LogP contribution in [-0.2, 0) is 22.7 Å². The van der Waals surface area contributed by atoms with Gasteiger partial charge < -0.3 is 10.1 Å². The molecule has 5 heteroatoms. The van der Waals surface area contributed by atoms with E-state index in [1.54, 1.807) is 0 Å². The summed E-state index contributed by atoms with van der Waals surface area (Å²) >= 11 is 2.03. The molecule has 0 atom stereocenters. The molecule has 132 valence electrons. The summed E-state index contributed by atoms with van der Waals surface area (Å²) in [5.74, 6) is 3.07. The fourth-order valence-corrected chi connectivity index (χ4v) is 4.86. The second-order valence-electron chi connectivity index (χ2n) is 6.87. The van der Waals surface area contributed by atoms with Crippen LogP contribution >= 0.6 is 11.8 Å². The summed E-state index contributed by atoms with van der Waals surface area (Å²) in [7, 11) is 0. The zero-order chi connectivity index (χ0) is 17.5. The summed E-state index contributed by atoms with van der Waals surface area (Å²) in [6, 6.07) is 14.3. The Balaban J connectivity index is 1.48. The Morgan fingerprint density at radius 2 is 1.92 bits per heavy atom. The highest BCUT2D eigenvalue weighted by atomic mass is 32.2. The van der Waals surface area contributed by atoms with Crippen LogP contribution in [0.5, 0.6) is 0 Å². The second-order valence-corrected chi connectivity index (χ2v) is 8.10. The van der Waals surface area contributed by atoms with Crippen LogP contribution in [0.25, 0.3) is 11.3 Å². The summed E-state index contributed by atoms with van der Waals surface area (Å²) in [5.41, 5.74) is 5.98. The Kier molecular flexibility index (Phi) is 3.98. The van der Waals surface area contributed by atoms with Crippen molar-refractivity contribution in [1.29, 1.82) is 0 Å². The van der Waals surface area contributed by atoms with E-state index in [0.29, 0.717) is 17.9 Å². The third-order valence-corrected chi connectivity index (χ3v) is 6.14. The Morgan fingerprint density at radius 3 is 2.81 bits per heavy atom. The molecule has 0 aromatic heterocycles. The predicted octanol–water partition coefficient (Wildman–Crippen LogP) is 3.59. The molecule has 4 nitrogen and oxygen atoms in total. The first-order valence-electron chi connectivity index (χ1n) is 9.00. The lowest BCUT2D eigenvalue weighted by Gasteiger charge is -2.26. The summed E-state index contributed by atoms with van der Waals surface area (Å²) in [4.78, 5) is 15.0. The van der Waals surface area contributed by atoms with Gasteiger partial charge in [-0.05, 0) is 11.6 Å². The molecule has 26 heavy (non-hydrogen) atoms. The Morgan fingerprint density at radius 1 is 1.08 bits per heavy atom. The van der Waals surface area contributed by atoms with E-state index < -0.39 is 0 Å². The third-order valence-electron chi connectivity index (χ3n) is 5.19. The molecule has 0 bridgehead atoms. The smallest absolute Gasteiger partial charge is 0.260 e. The molecule has 1 N–H and O–H groups in total. The van der Waals surface area contributed by atoms with E-state index in [4.69, 9.17) is 4.74 Å². The van der Waals surface area contributed by atoms with Gasteiger partial charge in [0.2, 0.25) is 0 Å². The molecule has 2 aromatic carbocycles. The van der Waals surface area contributed by atoms with Crippen LogP contribution in [0.3, 0.4) is 0 Å². The van der Waals surface area contributed by atoms with Crippen LogP contribution < -0.4 is 5.32 Å². The number of carbonyl (C=O) groups excluding carboxylic acids is 1. The monoisotopic (exact) mass is 364 g/mol. The van der Waals surface area contributed by atoms with E-state index in [0.717, 1.165) is 36.4 Å². The van der Waals surface area contributed by atoms with Gasteiger partial charge in [0.15, 0.2) is 0 Å². The molecule has 1 fully saturated rings. The van der Waals surface area contributed by atoms with Crippen LogP contribution in [0.4, 0.5) is 5.69 Å².